The molecule has 0 atom stereocenters. The Morgan fingerprint density at radius 1 is 1.56 bits per heavy atom. The lowest BCUT2D eigenvalue weighted by Gasteiger charge is -2.23. The molecule has 1 N–H and O–H groups in total. The minimum atomic E-state index is -0.581. The summed E-state index contributed by atoms with van der Waals surface area (Å²) in [5.74, 6) is 0.176. The Morgan fingerprint density at radius 2 is 2.28 bits per heavy atom. The van der Waals surface area contributed by atoms with Crippen LogP contribution in [0.3, 0.4) is 0 Å². The molecule has 0 spiro atoms. The molecule has 1 aliphatic rings. The van der Waals surface area contributed by atoms with Crippen LogP contribution in [0.4, 0.5) is 5.69 Å². The Kier molecular flexibility index (Phi) is 3.69. The lowest BCUT2D eigenvalue weighted by molar-refractivity contribution is -0.385. The maximum atomic E-state index is 10.6. The zero-order valence-corrected chi connectivity index (χ0v) is 9.63. The van der Waals surface area contributed by atoms with Gasteiger partial charge in [-0.15, -0.1) is 0 Å². The van der Waals surface area contributed by atoms with Gasteiger partial charge in [0, 0.05) is 6.07 Å². The lowest BCUT2D eigenvalue weighted by Crippen LogP contribution is -2.34. The number of piperidine rings is 1. The van der Waals surface area contributed by atoms with Gasteiger partial charge < -0.3 is 10.1 Å². The van der Waals surface area contributed by atoms with E-state index in [1.54, 1.807) is 0 Å². The summed E-state index contributed by atoms with van der Waals surface area (Å²) in [5.41, 5.74) is -0.105. The molecule has 0 radical (unpaired) electrons. The third-order valence-corrected chi connectivity index (χ3v) is 2.73. The van der Waals surface area contributed by atoms with E-state index in [9.17, 15) is 10.1 Å². The van der Waals surface area contributed by atoms with E-state index in [-0.39, 0.29) is 23.2 Å². The average Bonchev–Trinajstić information content (AvgIpc) is 2.40. The summed E-state index contributed by atoms with van der Waals surface area (Å²) in [4.78, 5) is 13.9. The molecule has 0 aliphatic carbocycles. The summed E-state index contributed by atoms with van der Waals surface area (Å²) in [6.45, 7) is 1.72. The van der Waals surface area contributed by atoms with E-state index >= 15 is 0 Å². The van der Waals surface area contributed by atoms with E-state index in [0.29, 0.717) is 0 Å². The van der Waals surface area contributed by atoms with Gasteiger partial charge in [0.25, 0.3) is 5.69 Å². The molecule has 0 aromatic carbocycles. The van der Waals surface area contributed by atoms with E-state index in [1.165, 1.54) is 6.07 Å². The summed E-state index contributed by atoms with van der Waals surface area (Å²) >= 11 is 0. The van der Waals surface area contributed by atoms with Gasteiger partial charge in [-0.3, -0.25) is 10.1 Å². The summed E-state index contributed by atoms with van der Waals surface area (Å²) in [6.07, 6.45) is 2.79. The molecule has 1 aromatic heterocycles. The normalized spacial score (nSPS) is 15.9. The van der Waals surface area contributed by atoms with E-state index in [4.69, 9.17) is 10.00 Å². The van der Waals surface area contributed by atoms with Gasteiger partial charge in [0.2, 0.25) is 5.88 Å². The van der Waals surface area contributed by atoms with Crippen LogP contribution in [0.1, 0.15) is 18.4 Å². The molecular formula is C11H12N4O3. The quantitative estimate of drug-likeness (QED) is 0.632. The second-order valence-electron chi connectivity index (χ2n) is 3.98. The number of ether oxygens (including phenoxy) is 1. The molecule has 2 heterocycles. The largest absolute Gasteiger partial charge is 0.473 e. The van der Waals surface area contributed by atoms with Gasteiger partial charge in [-0.2, -0.15) is 5.26 Å². The smallest absolute Gasteiger partial charge is 0.289 e. The fourth-order valence-corrected chi connectivity index (χ4v) is 1.79. The SMILES string of the molecule is N#Cc1cc([N+](=O)[O-])cnc1OC1CCNCC1. The number of nitrogens with one attached hydrogen (secondary N) is 1. The molecule has 1 saturated heterocycles. The van der Waals surface area contributed by atoms with Crippen LogP contribution < -0.4 is 10.1 Å². The fraction of sp³-hybridized carbons (Fsp3) is 0.455. The molecule has 94 valence electrons. The standard InChI is InChI=1S/C11H12N4O3/c12-6-8-5-9(15(16)17)7-14-11(8)18-10-1-3-13-4-2-10/h5,7,10,13H,1-4H2. The molecule has 0 amide bonds. The molecule has 1 aliphatic heterocycles. The van der Waals surface area contributed by atoms with Crippen molar-refractivity contribution >= 4 is 5.69 Å². The highest BCUT2D eigenvalue weighted by molar-refractivity contribution is 5.45. The van der Waals surface area contributed by atoms with Gasteiger partial charge in [-0.05, 0) is 25.9 Å². The number of hydrogen-bond donors (Lipinski definition) is 1. The van der Waals surface area contributed by atoms with E-state index in [0.717, 1.165) is 32.1 Å². The minimum absolute atomic E-state index is 0.00676. The van der Waals surface area contributed by atoms with Crippen LogP contribution in [0, 0.1) is 21.4 Å². The third-order valence-electron chi connectivity index (χ3n) is 2.73. The highest BCUT2D eigenvalue weighted by Crippen LogP contribution is 2.22. The lowest BCUT2D eigenvalue weighted by atomic mass is 10.1. The van der Waals surface area contributed by atoms with Crippen molar-refractivity contribution in [3.8, 4) is 11.9 Å². The number of pyridine rings is 1. The van der Waals surface area contributed by atoms with Crippen molar-refractivity contribution in [2.75, 3.05) is 13.1 Å². The number of nitriles is 1. The average molecular weight is 248 g/mol. The van der Waals surface area contributed by atoms with Crippen LogP contribution in [0.2, 0.25) is 0 Å². The first kappa shape index (κ1) is 12.3. The van der Waals surface area contributed by atoms with Crippen molar-refractivity contribution in [2.45, 2.75) is 18.9 Å². The first-order chi connectivity index (χ1) is 8.70. The van der Waals surface area contributed by atoms with Crippen LogP contribution >= 0.6 is 0 Å². The van der Waals surface area contributed by atoms with Gasteiger partial charge in [-0.25, -0.2) is 4.98 Å². The third kappa shape index (κ3) is 2.73. The van der Waals surface area contributed by atoms with Crippen molar-refractivity contribution in [1.82, 2.24) is 10.3 Å². The van der Waals surface area contributed by atoms with Gasteiger partial charge in [0.1, 0.15) is 23.9 Å². The zero-order chi connectivity index (χ0) is 13.0. The summed E-state index contributed by atoms with van der Waals surface area (Å²) in [7, 11) is 0. The maximum Gasteiger partial charge on any atom is 0.289 e. The molecule has 2 rings (SSSR count). The molecule has 7 nitrogen and oxygen atoms in total. The zero-order valence-electron chi connectivity index (χ0n) is 9.63. The Bertz CT molecular complexity index is 492. The number of hydrogen-bond acceptors (Lipinski definition) is 6. The van der Waals surface area contributed by atoms with Crippen LogP contribution in [-0.4, -0.2) is 29.1 Å². The van der Waals surface area contributed by atoms with Crippen LogP contribution in [-0.2, 0) is 0 Å². The van der Waals surface area contributed by atoms with E-state index in [2.05, 4.69) is 10.3 Å². The molecule has 0 bridgehead atoms. The highest BCUT2D eigenvalue weighted by atomic mass is 16.6. The molecule has 1 fully saturated rings. The van der Waals surface area contributed by atoms with Gasteiger partial charge in [0.15, 0.2) is 0 Å². The van der Waals surface area contributed by atoms with Gasteiger partial charge >= 0.3 is 0 Å². The minimum Gasteiger partial charge on any atom is -0.473 e. The van der Waals surface area contributed by atoms with Crippen LogP contribution in [0.5, 0.6) is 5.88 Å². The number of nitrogens with zero attached hydrogens (tertiary/aromatic N) is 3. The molecule has 0 saturated carbocycles. The fourth-order valence-electron chi connectivity index (χ4n) is 1.79. The summed E-state index contributed by atoms with van der Waals surface area (Å²) < 4.78 is 5.62. The summed E-state index contributed by atoms with van der Waals surface area (Å²) in [5, 5.41) is 22.7. The predicted octanol–water partition coefficient (Wildman–Crippen LogP) is 0.992. The van der Waals surface area contributed by atoms with Crippen molar-refractivity contribution in [3.05, 3.63) is 27.9 Å². The van der Waals surface area contributed by atoms with Crippen molar-refractivity contribution in [3.63, 3.8) is 0 Å². The molecule has 7 heteroatoms. The molecule has 1 aromatic rings. The van der Waals surface area contributed by atoms with Gasteiger partial charge in [0.05, 0.1) is 4.92 Å². The Hall–Kier alpha value is -2.20. The van der Waals surface area contributed by atoms with Crippen LogP contribution in [0.25, 0.3) is 0 Å². The second kappa shape index (κ2) is 5.42. The Balaban J connectivity index is 2.17. The number of aromatic nitrogens is 1. The van der Waals surface area contributed by atoms with Crippen molar-refractivity contribution in [1.29, 1.82) is 5.26 Å². The highest BCUT2D eigenvalue weighted by Gasteiger charge is 2.19. The molecule has 0 unspecified atom stereocenters. The number of rotatable bonds is 3. The van der Waals surface area contributed by atoms with Gasteiger partial charge in [-0.1, -0.05) is 0 Å². The number of nitro groups is 1. The van der Waals surface area contributed by atoms with Crippen molar-refractivity contribution in [2.24, 2.45) is 0 Å². The van der Waals surface area contributed by atoms with Crippen molar-refractivity contribution < 1.29 is 9.66 Å². The Labute approximate surface area is 104 Å². The maximum absolute atomic E-state index is 10.6. The summed E-state index contributed by atoms with van der Waals surface area (Å²) in [6, 6.07) is 3.06. The Morgan fingerprint density at radius 3 is 2.89 bits per heavy atom. The molecule has 18 heavy (non-hydrogen) atoms. The van der Waals surface area contributed by atoms with E-state index in [1.807, 2.05) is 6.07 Å². The molecular weight excluding hydrogens is 236 g/mol. The first-order valence-corrected chi connectivity index (χ1v) is 5.62. The topological polar surface area (TPSA) is 101 Å². The van der Waals surface area contributed by atoms with Crippen LogP contribution in [0.15, 0.2) is 12.3 Å². The van der Waals surface area contributed by atoms with E-state index < -0.39 is 4.92 Å². The first-order valence-electron chi connectivity index (χ1n) is 5.62. The predicted molar refractivity (Wildman–Crippen MR) is 62.1 cm³/mol. The second-order valence-corrected chi connectivity index (χ2v) is 3.98. The monoisotopic (exact) mass is 248 g/mol.